The number of hydrogen-bond acceptors (Lipinski definition) is 5. The van der Waals surface area contributed by atoms with Crippen molar-refractivity contribution in [1.29, 1.82) is 0 Å². The zero-order valence-corrected chi connectivity index (χ0v) is 19.5. The number of carbonyl (C=O) groups excluding carboxylic acids is 3. The van der Waals surface area contributed by atoms with Crippen molar-refractivity contribution < 1.29 is 19.1 Å². The van der Waals surface area contributed by atoms with Crippen LogP contribution in [0.3, 0.4) is 0 Å². The lowest BCUT2D eigenvalue weighted by atomic mass is 10.1. The van der Waals surface area contributed by atoms with Crippen LogP contribution in [0.15, 0.2) is 33.8 Å². The Bertz CT molecular complexity index is 1020. The van der Waals surface area contributed by atoms with Gasteiger partial charge in [0.05, 0.1) is 4.91 Å². The van der Waals surface area contributed by atoms with Gasteiger partial charge in [0, 0.05) is 53.4 Å². The highest BCUT2D eigenvalue weighted by Gasteiger charge is 2.36. The van der Waals surface area contributed by atoms with Crippen LogP contribution in [0.5, 0.6) is 0 Å². The van der Waals surface area contributed by atoms with Gasteiger partial charge in [-0.25, -0.2) is 0 Å². The Morgan fingerprint density at radius 2 is 2.10 bits per heavy atom. The van der Waals surface area contributed by atoms with Crippen LogP contribution in [-0.2, 0) is 20.9 Å². The fourth-order valence-electron chi connectivity index (χ4n) is 3.26. The van der Waals surface area contributed by atoms with Gasteiger partial charge in [0.15, 0.2) is 0 Å². The number of imide groups is 1. The van der Waals surface area contributed by atoms with Gasteiger partial charge in [-0.3, -0.25) is 19.3 Å². The number of carbonyl (C=O) groups is 3. The Hall–Kier alpha value is -2.10. The van der Waals surface area contributed by atoms with Crippen molar-refractivity contribution in [3.05, 3.63) is 39.3 Å². The van der Waals surface area contributed by atoms with Crippen molar-refractivity contribution in [1.82, 2.24) is 14.8 Å². The molecule has 0 bridgehead atoms. The number of ether oxygens (including phenoxy) is 1. The summed E-state index contributed by atoms with van der Waals surface area (Å²) in [5.41, 5.74) is 1.66. The van der Waals surface area contributed by atoms with Crippen LogP contribution in [0.4, 0.5) is 4.79 Å². The molecule has 0 saturated carbocycles. The Labute approximate surface area is 187 Å². The number of halogens is 1. The number of thioether (sulfide) groups is 1. The zero-order chi connectivity index (χ0) is 21.8. The predicted molar refractivity (Wildman–Crippen MR) is 122 cm³/mol. The minimum atomic E-state index is -0.285. The zero-order valence-electron chi connectivity index (χ0n) is 17.1. The molecule has 1 aromatic heterocycles. The standard InChI is InChI=1S/C21H24BrN3O4S/c1-13(2)25-20(27)18(30-21(25)28)9-14-11-24(12-19(26)23-7-4-8-29-3)17-6-5-15(22)10-16(14)17/h5-6,9-11,13H,4,7-8,12H2,1-3H3,(H,23,26)/b18-9-. The summed E-state index contributed by atoms with van der Waals surface area (Å²) in [6.07, 6.45) is 4.32. The highest BCUT2D eigenvalue weighted by atomic mass is 79.9. The summed E-state index contributed by atoms with van der Waals surface area (Å²) in [4.78, 5) is 38.8. The molecule has 2 aromatic rings. The minimum absolute atomic E-state index is 0.0994. The van der Waals surface area contributed by atoms with E-state index in [1.165, 1.54) is 4.90 Å². The molecule has 30 heavy (non-hydrogen) atoms. The Balaban J connectivity index is 1.89. The largest absolute Gasteiger partial charge is 0.385 e. The first-order chi connectivity index (χ1) is 14.3. The highest BCUT2D eigenvalue weighted by molar-refractivity contribution is 9.10. The molecular weight excluding hydrogens is 470 g/mol. The first-order valence-electron chi connectivity index (χ1n) is 9.63. The van der Waals surface area contributed by atoms with Crippen LogP contribution in [0.1, 0.15) is 25.8 Å². The molecule has 3 amide bonds. The molecule has 1 aliphatic heterocycles. The van der Waals surface area contributed by atoms with Gasteiger partial charge in [0.2, 0.25) is 5.91 Å². The lowest BCUT2D eigenvalue weighted by Gasteiger charge is -2.16. The van der Waals surface area contributed by atoms with Crippen LogP contribution in [-0.4, -0.2) is 52.8 Å². The summed E-state index contributed by atoms with van der Waals surface area (Å²) in [5, 5.41) is 3.52. The van der Waals surface area contributed by atoms with Crippen molar-refractivity contribution in [2.75, 3.05) is 20.3 Å². The Morgan fingerprint density at radius 1 is 1.33 bits per heavy atom. The number of nitrogens with zero attached hydrogens (tertiary/aromatic N) is 2. The molecular formula is C21H24BrN3O4S. The summed E-state index contributed by atoms with van der Waals surface area (Å²) in [5.74, 6) is -0.385. The van der Waals surface area contributed by atoms with Gasteiger partial charge in [0.1, 0.15) is 6.54 Å². The molecule has 0 aliphatic carbocycles. The number of amides is 3. The number of aromatic nitrogens is 1. The van der Waals surface area contributed by atoms with E-state index in [1.807, 2.05) is 42.8 Å². The number of hydrogen-bond donors (Lipinski definition) is 1. The third-order valence-corrected chi connectivity index (χ3v) is 6.04. The fourth-order valence-corrected chi connectivity index (χ4v) is 4.58. The summed E-state index contributed by atoms with van der Waals surface area (Å²) in [6, 6.07) is 5.59. The van der Waals surface area contributed by atoms with Crippen LogP contribution in [0.2, 0.25) is 0 Å². The van der Waals surface area contributed by atoms with Gasteiger partial charge >= 0.3 is 0 Å². The van der Waals surface area contributed by atoms with E-state index < -0.39 is 0 Å². The van der Waals surface area contributed by atoms with E-state index >= 15 is 0 Å². The smallest absolute Gasteiger partial charge is 0.293 e. The van der Waals surface area contributed by atoms with Gasteiger partial charge in [-0.05, 0) is 56.3 Å². The lowest BCUT2D eigenvalue weighted by molar-refractivity contribution is -0.124. The van der Waals surface area contributed by atoms with Crippen LogP contribution >= 0.6 is 27.7 Å². The molecule has 1 saturated heterocycles. The van der Waals surface area contributed by atoms with Crippen LogP contribution < -0.4 is 5.32 Å². The maximum Gasteiger partial charge on any atom is 0.293 e. The van der Waals surface area contributed by atoms with Crippen molar-refractivity contribution in [2.45, 2.75) is 32.9 Å². The quantitative estimate of drug-likeness (QED) is 0.443. The maximum absolute atomic E-state index is 12.6. The van der Waals surface area contributed by atoms with Crippen molar-refractivity contribution in [3.8, 4) is 0 Å². The molecule has 1 N–H and O–H groups in total. The molecule has 2 heterocycles. The second kappa shape index (κ2) is 9.80. The van der Waals surface area contributed by atoms with Crippen molar-refractivity contribution in [3.63, 3.8) is 0 Å². The third kappa shape index (κ3) is 4.96. The normalized spacial score (nSPS) is 15.8. The van der Waals surface area contributed by atoms with E-state index in [-0.39, 0.29) is 29.6 Å². The van der Waals surface area contributed by atoms with E-state index in [0.717, 1.165) is 39.1 Å². The SMILES string of the molecule is COCCCNC(=O)Cn1cc(/C=C2\SC(=O)N(C(C)C)C2=O)c2cc(Br)ccc21. The van der Waals surface area contributed by atoms with E-state index in [2.05, 4.69) is 21.2 Å². The molecule has 1 aliphatic rings. The van der Waals surface area contributed by atoms with Crippen molar-refractivity contribution >= 4 is 61.7 Å². The second-order valence-electron chi connectivity index (χ2n) is 7.22. The topological polar surface area (TPSA) is 80.6 Å². The summed E-state index contributed by atoms with van der Waals surface area (Å²) in [7, 11) is 1.63. The average Bonchev–Trinajstić information content (AvgIpc) is 3.15. The Kier molecular flexibility index (Phi) is 7.38. The van der Waals surface area contributed by atoms with Crippen LogP contribution in [0.25, 0.3) is 17.0 Å². The summed E-state index contributed by atoms with van der Waals surface area (Å²) < 4.78 is 7.74. The summed E-state index contributed by atoms with van der Waals surface area (Å²) >= 11 is 4.43. The van der Waals surface area contributed by atoms with Gasteiger partial charge < -0.3 is 14.6 Å². The molecule has 1 fully saturated rings. The number of fused-ring (bicyclic) bond motifs is 1. The number of nitrogens with one attached hydrogen (secondary N) is 1. The first-order valence-corrected chi connectivity index (χ1v) is 11.2. The van der Waals surface area contributed by atoms with Crippen molar-refractivity contribution in [2.24, 2.45) is 0 Å². The maximum atomic E-state index is 12.6. The highest BCUT2D eigenvalue weighted by Crippen LogP contribution is 2.35. The molecule has 0 unspecified atom stereocenters. The molecule has 0 atom stereocenters. The lowest BCUT2D eigenvalue weighted by Crippen LogP contribution is -2.34. The molecule has 160 valence electrons. The molecule has 7 nitrogen and oxygen atoms in total. The molecule has 0 radical (unpaired) electrons. The molecule has 9 heteroatoms. The number of rotatable bonds is 8. The van der Waals surface area contributed by atoms with Crippen LogP contribution in [0, 0.1) is 0 Å². The molecule has 3 rings (SSSR count). The minimum Gasteiger partial charge on any atom is -0.385 e. The molecule has 1 aromatic carbocycles. The van der Waals surface area contributed by atoms with E-state index in [9.17, 15) is 14.4 Å². The Morgan fingerprint density at radius 3 is 2.77 bits per heavy atom. The first kappa shape index (κ1) is 22.6. The average molecular weight is 494 g/mol. The fraction of sp³-hybridized carbons (Fsp3) is 0.381. The second-order valence-corrected chi connectivity index (χ2v) is 9.12. The van der Waals surface area contributed by atoms with Gasteiger partial charge in [0.25, 0.3) is 11.1 Å². The van der Waals surface area contributed by atoms with E-state index in [0.29, 0.717) is 18.1 Å². The predicted octanol–water partition coefficient (Wildman–Crippen LogP) is 4.00. The monoisotopic (exact) mass is 493 g/mol. The van der Waals surface area contributed by atoms with Gasteiger partial charge in [-0.15, -0.1) is 0 Å². The van der Waals surface area contributed by atoms with E-state index in [4.69, 9.17) is 4.74 Å². The number of benzene rings is 1. The summed E-state index contributed by atoms with van der Waals surface area (Å²) in [6.45, 7) is 4.93. The van der Waals surface area contributed by atoms with Gasteiger partial charge in [-0.1, -0.05) is 15.9 Å². The van der Waals surface area contributed by atoms with Gasteiger partial charge in [-0.2, -0.15) is 0 Å². The van der Waals surface area contributed by atoms with E-state index in [1.54, 1.807) is 13.2 Å². The number of methoxy groups -OCH3 is 1. The third-order valence-electron chi connectivity index (χ3n) is 4.66. The molecule has 0 spiro atoms.